The summed E-state index contributed by atoms with van der Waals surface area (Å²) in [4.78, 5) is 17.5. The zero-order chi connectivity index (χ0) is 24.3. The molecule has 0 spiro atoms. The van der Waals surface area contributed by atoms with Crippen molar-refractivity contribution in [2.24, 2.45) is 4.99 Å². The molecule has 0 aliphatic rings. The summed E-state index contributed by atoms with van der Waals surface area (Å²) >= 11 is 0. The number of aromatic nitrogens is 2. The second-order valence-electron chi connectivity index (χ2n) is 8.14. The second kappa shape index (κ2) is 9.62. The number of aromatic amines is 1. The van der Waals surface area contributed by atoms with Gasteiger partial charge in [-0.3, -0.25) is 14.9 Å². The van der Waals surface area contributed by atoms with Crippen LogP contribution in [0.4, 0.5) is 5.69 Å². The summed E-state index contributed by atoms with van der Waals surface area (Å²) in [5.74, 6) is 0. The Kier molecular flexibility index (Phi) is 6.63. The van der Waals surface area contributed by atoms with Gasteiger partial charge in [0.2, 0.25) is 10.0 Å². The van der Waals surface area contributed by atoms with Crippen molar-refractivity contribution in [3.8, 4) is 5.69 Å². The van der Waals surface area contributed by atoms with Gasteiger partial charge in [-0.15, -0.1) is 0 Å². The van der Waals surface area contributed by atoms with Crippen molar-refractivity contribution < 1.29 is 8.42 Å². The van der Waals surface area contributed by atoms with Crippen molar-refractivity contribution in [2.45, 2.75) is 32.2 Å². The first kappa shape index (κ1) is 23.4. The topological polar surface area (TPSA) is 96.3 Å². The minimum Gasteiger partial charge on any atom is -0.295 e. The maximum atomic E-state index is 13.0. The van der Waals surface area contributed by atoms with E-state index >= 15 is 0 Å². The Morgan fingerprint density at radius 1 is 0.971 bits per heavy atom. The van der Waals surface area contributed by atoms with Gasteiger partial charge in [-0.2, -0.15) is 0 Å². The van der Waals surface area contributed by atoms with Gasteiger partial charge in [-0.05, 0) is 62.2 Å². The third-order valence-electron chi connectivity index (χ3n) is 5.51. The number of aliphatic imine (C=N–C) groups is 1. The zero-order valence-corrected chi connectivity index (χ0v) is 20.1. The maximum absolute atomic E-state index is 13.0. The Morgan fingerprint density at radius 2 is 1.68 bits per heavy atom. The minimum atomic E-state index is -3.65. The predicted molar refractivity (Wildman–Crippen MR) is 135 cm³/mol. The van der Waals surface area contributed by atoms with Crippen molar-refractivity contribution in [2.75, 3.05) is 0 Å². The molecule has 2 N–H and O–H groups in total. The normalized spacial score (nSPS) is 11.9. The molecule has 4 rings (SSSR count). The van der Waals surface area contributed by atoms with E-state index in [1.807, 2.05) is 69.3 Å². The maximum Gasteiger partial charge on any atom is 0.280 e. The lowest BCUT2D eigenvalue weighted by molar-refractivity contribution is 0.581. The largest absolute Gasteiger partial charge is 0.295 e. The first-order chi connectivity index (χ1) is 16.2. The molecule has 1 heterocycles. The molecule has 1 aromatic heterocycles. The lowest BCUT2D eigenvalue weighted by Gasteiger charge is -2.07. The minimum absolute atomic E-state index is 0.150. The van der Waals surface area contributed by atoms with Crippen LogP contribution in [0.3, 0.4) is 0 Å². The van der Waals surface area contributed by atoms with Gasteiger partial charge in [0.25, 0.3) is 5.56 Å². The highest BCUT2D eigenvalue weighted by Crippen LogP contribution is 2.18. The number of hydrogen-bond acceptors (Lipinski definition) is 4. The number of nitrogens with one attached hydrogen (secondary N) is 2. The number of aryl methyl sites for hydroxylation is 3. The van der Waals surface area contributed by atoms with Gasteiger partial charge >= 0.3 is 0 Å². The van der Waals surface area contributed by atoms with Gasteiger partial charge in [0.1, 0.15) is 0 Å². The number of rotatable bonds is 7. The van der Waals surface area contributed by atoms with Crippen LogP contribution in [0.2, 0.25) is 0 Å². The van der Waals surface area contributed by atoms with Gasteiger partial charge in [0.15, 0.2) is 0 Å². The highest BCUT2D eigenvalue weighted by atomic mass is 32.2. The quantitative estimate of drug-likeness (QED) is 0.391. The van der Waals surface area contributed by atoms with Gasteiger partial charge in [0.05, 0.1) is 21.8 Å². The molecule has 0 saturated carbocycles. The number of H-pyrrole nitrogens is 1. The molecule has 0 fully saturated rings. The molecule has 0 saturated heterocycles. The molecule has 34 heavy (non-hydrogen) atoms. The van der Waals surface area contributed by atoms with Gasteiger partial charge < -0.3 is 0 Å². The molecular weight excluding hydrogens is 448 g/mol. The third-order valence-corrected chi connectivity index (χ3v) is 6.93. The molecule has 8 heteroatoms. The number of nitrogens with zero attached hydrogens (tertiary/aromatic N) is 2. The molecule has 0 unspecified atom stereocenters. The Morgan fingerprint density at radius 3 is 2.35 bits per heavy atom. The van der Waals surface area contributed by atoms with Crippen LogP contribution in [0.1, 0.15) is 27.9 Å². The van der Waals surface area contributed by atoms with Crippen LogP contribution < -0.4 is 10.3 Å². The number of hydrogen-bond donors (Lipinski definition) is 2. The fraction of sp³-hybridized carbons (Fsp3) is 0.154. The molecule has 0 radical (unpaired) electrons. The van der Waals surface area contributed by atoms with E-state index in [0.29, 0.717) is 16.9 Å². The van der Waals surface area contributed by atoms with Crippen molar-refractivity contribution in [1.82, 2.24) is 14.5 Å². The van der Waals surface area contributed by atoms with E-state index in [9.17, 15) is 13.2 Å². The van der Waals surface area contributed by atoms with E-state index in [1.165, 1.54) is 23.0 Å². The van der Waals surface area contributed by atoms with Gasteiger partial charge in [-0.1, -0.05) is 48.0 Å². The molecule has 0 atom stereocenters. The van der Waals surface area contributed by atoms with E-state index in [2.05, 4.69) is 14.8 Å². The van der Waals surface area contributed by atoms with Crippen LogP contribution in [0.5, 0.6) is 0 Å². The van der Waals surface area contributed by atoms with Crippen LogP contribution in [-0.4, -0.2) is 24.4 Å². The summed E-state index contributed by atoms with van der Waals surface area (Å²) in [6, 6.07) is 21.4. The van der Waals surface area contributed by atoms with Gasteiger partial charge in [0, 0.05) is 18.5 Å². The fourth-order valence-corrected chi connectivity index (χ4v) is 4.66. The second-order valence-corrected chi connectivity index (χ2v) is 9.91. The van der Waals surface area contributed by atoms with E-state index in [0.717, 1.165) is 22.4 Å². The monoisotopic (exact) mass is 474 g/mol. The number of sulfonamides is 1. The number of benzene rings is 3. The molecule has 7 nitrogen and oxygen atoms in total. The first-order valence-corrected chi connectivity index (χ1v) is 12.3. The molecule has 4 aromatic rings. The molecule has 0 aliphatic heterocycles. The zero-order valence-electron chi connectivity index (χ0n) is 19.2. The smallest absolute Gasteiger partial charge is 0.280 e. The van der Waals surface area contributed by atoms with Crippen molar-refractivity contribution in [3.05, 3.63) is 111 Å². The Hall–Kier alpha value is -3.75. The Labute approximate surface area is 198 Å². The van der Waals surface area contributed by atoms with E-state index in [4.69, 9.17) is 0 Å². The summed E-state index contributed by atoms with van der Waals surface area (Å²) in [6.45, 7) is 6.00. The summed E-state index contributed by atoms with van der Waals surface area (Å²) in [5, 5.41) is 3.11. The lowest BCUT2D eigenvalue weighted by Crippen LogP contribution is -2.23. The summed E-state index contributed by atoms with van der Waals surface area (Å²) in [7, 11) is -3.65. The van der Waals surface area contributed by atoms with Crippen LogP contribution in [-0.2, 0) is 16.6 Å². The average Bonchev–Trinajstić information content (AvgIpc) is 3.10. The highest BCUT2D eigenvalue weighted by Gasteiger charge is 2.14. The van der Waals surface area contributed by atoms with E-state index < -0.39 is 10.0 Å². The third kappa shape index (κ3) is 5.08. The van der Waals surface area contributed by atoms with Crippen LogP contribution in [0.15, 0.2) is 87.5 Å². The summed E-state index contributed by atoms with van der Waals surface area (Å²) in [5.41, 5.74) is 5.26. The van der Waals surface area contributed by atoms with Gasteiger partial charge in [-0.25, -0.2) is 17.8 Å². The summed E-state index contributed by atoms with van der Waals surface area (Å²) < 4.78 is 29.3. The van der Waals surface area contributed by atoms with Crippen LogP contribution in [0.25, 0.3) is 5.69 Å². The van der Waals surface area contributed by atoms with Crippen LogP contribution in [0, 0.1) is 20.8 Å². The van der Waals surface area contributed by atoms with Crippen LogP contribution >= 0.6 is 0 Å². The average molecular weight is 475 g/mol. The lowest BCUT2D eigenvalue weighted by atomic mass is 10.1. The first-order valence-electron chi connectivity index (χ1n) is 10.8. The molecule has 3 aromatic carbocycles. The van der Waals surface area contributed by atoms with Crippen molar-refractivity contribution in [1.29, 1.82) is 0 Å². The molecule has 174 valence electrons. The SMILES string of the molecule is Cc1ccc(-n2[nH]c(C)c(C=Nc3ccc(S(=O)(=O)NCc4ccccc4)cc3)c2=O)c(C)c1. The molecule has 0 aliphatic carbocycles. The standard InChI is InChI=1S/C26H26N4O3S/c1-18-9-14-25(19(2)15-18)30-26(31)24(20(3)29-30)17-27-22-10-12-23(13-11-22)34(32,33)28-16-21-7-5-4-6-8-21/h4-15,17,28-29H,16H2,1-3H3. The van der Waals surface area contributed by atoms with Crippen molar-refractivity contribution in [3.63, 3.8) is 0 Å². The summed E-state index contributed by atoms with van der Waals surface area (Å²) in [6.07, 6.45) is 1.51. The van der Waals surface area contributed by atoms with E-state index in [-0.39, 0.29) is 17.0 Å². The fourth-order valence-electron chi connectivity index (χ4n) is 3.65. The highest BCUT2D eigenvalue weighted by molar-refractivity contribution is 7.89. The molecular formula is C26H26N4O3S. The molecule has 0 amide bonds. The van der Waals surface area contributed by atoms with E-state index in [1.54, 1.807) is 12.1 Å². The Bertz CT molecular complexity index is 1500. The Balaban J connectivity index is 1.51. The molecule has 0 bridgehead atoms. The predicted octanol–water partition coefficient (Wildman–Crippen LogP) is 4.32. The van der Waals surface area contributed by atoms with Crippen molar-refractivity contribution >= 4 is 21.9 Å².